The molecule has 0 aromatic heterocycles. The molecule has 0 bridgehead atoms. The number of aliphatic hydroxyl groups excluding tert-OH is 1. The maximum atomic E-state index is 12.2. The summed E-state index contributed by atoms with van der Waals surface area (Å²) in [6, 6.07) is 10.1. The van der Waals surface area contributed by atoms with E-state index in [0.717, 1.165) is 12.8 Å². The van der Waals surface area contributed by atoms with Crippen molar-refractivity contribution >= 4 is 5.91 Å². The molecule has 2 N–H and O–H groups in total. The average Bonchev–Trinajstić information content (AvgIpc) is 2.52. The molecule has 1 saturated carbocycles. The first-order valence-electron chi connectivity index (χ1n) is 8.17. The number of hydrogen-bond acceptors (Lipinski definition) is 2. The Kier molecular flexibility index (Phi) is 6.24. The molecule has 2 atom stereocenters. The van der Waals surface area contributed by atoms with E-state index < -0.39 is 0 Å². The van der Waals surface area contributed by atoms with Crippen molar-refractivity contribution in [3.05, 3.63) is 35.9 Å². The lowest BCUT2D eigenvalue weighted by Gasteiger charge is -2.24. The number of carbonyl (C=O) groups is 1. The van der Waals surface area contributed by atoms with Crippen molar-refractivity contribution in [2.45, 2.75) is 57.5 Å². The number of amides is 1. The second kappa shape index (κ2) is 8.18. The minimum Gasteiger partial charge on any atom is -0.393 e. The van der Waals surface area contributed by atoms with E-state index in [4.69, 9.17) is 0 Å². The lowest BCUT2D eigenvalue weighted by atomic mass is 9.88. The number of benzene rings is 1. The Bertz CT molecular complexity index is 424. The maximum Gasteiger partial charge on any atom is 0.223 e. The molecule has 3 heteroatoms. The topological polar surface area (TPSA) is 49.3 Å². The lowest BCUT2D eigenvalue weighted by Crippen LogP contribution is -2.35. The molecule has 0 saturated heterocycles. The van der Waals surface area contributed by atoms with Gasteiger partial charge in [-0.15, -0.1) is 0 Å². The number of rotatable bonds is 6. The van der Waals surface area contributed by atoms with Gasteiger partial charge < -0.3 is 10.4 Å². The van der Waals surface area contributed by atoms with Gasteiger partial charge in [-0.2, -0.15) is 0 Å². The summed E-state index contributed by atoms with van der Waals surface area (Å²) in [7, 11) is 0. The van der Waals surface area contributed by atoms with Crippen molar-refractivity contribution in [2.75, 3.05) is 6.54 Å². The highest BCUT2D eigenvalue weighted by Gasteiger charge is 2.22. The van der Waals surface area contributed by atoms with Gasteiger partial charge >= 0.3 is 0 Å². The van der Waals surface area contributed by atoms with Crippen LogP contribution in [0, 0.1) is 5.92 Å². The Hall–Kier alpha value is -1.35. The van der Waals surface area contributed by atoms with Crippen molar-refractivity contribution in [3.63, 3.8) is 0 Å². The summed E-state index contributed by atoms with van der Waals surface area (Å²) in [6.45, 7) is 2.42. The fourth-order valence-corrected chi connectivity index (χ4v) is 3.21. The van der Waals surface area contributed by atoms with Gasteiger partial charge in [0, 0.05) is 18.4 Å². The molecule has 116 valence electrons. The molecule has 3 nitrogen and oxygen atoms in total. The van der Waals surface area contributed by atoms with Crippen molar-refractivity contribution in [1.82, 2.24) is 5.32 Å². The first-order valence-corrected chi connectivity index (χ1v) is 8.17. The van der Waals surface area contributed by atoms with Crippen molar-refractivity contribution in [3.8, 4) is 0 Å². The molecule has 2 rings (SSSR count). The molecular weight excluding hydrogens is 262 g/mol. The quantitative estimate of drug-likeness (QED) is 0.844. The second-order valence-corrected chi connectivity index (χ2v) is 6.27. The van der Waals surface area contributed by atoms with Crippen LogP contribution < -0.4 is 5.32 Å². The zero-order valence-electron chi connectivity index (χ0n) is 12.9. The summed E-state index contributed by atoms with van der Waals surface area (Å²) in [5.41, 5.74) is 1.18. The zero-order chi connectivity index (χ0) is 15.1. The van der Waals surface area contributed by atoms with E-state index in [1.165, 1.54) is 24.8 Å². The molecule has 1 aromatic carbocycles. The molecule has 1 fully saturated rings. The maximum absolute atomic E-state index is 12.2. The third-order valence-electron chi connectivity index (χ3n) is 4.40. The molecular formula is C18H27NO2. The molecule has 21 heavy (non-hydrogen) atoms. The van der Waals surface area contributed by atoms with Crippen LogP contribution in [0.4, 0.5) is 0 Å². The predicted octanol–water partition coefficient (Wildman–Crippen LogP) is 3.24. The minimum atomic E-state index is -0.359. The molecule has 0 spiro atoms. The molecule has 0 aliphatic heterocycles. The van der Waals surface area contributed by atoms with Gasteiger partial charge in [-0.25, -0.2) is 0 Å². The molecule has 2 unspecified atom stereocenters. The number of carbonyl (C=O) groups excluding carboxylic acids is 1. The third kappa shape index (κ3) is 5.16. The summed E-state index contributed by atoms with van der Waals surface area (Å²) < 4.78 is 0. The minimum absolute atomic E-state index is 0.179. The van der Waals surface area contributed by atoms with Crippen LogP contribution in [0.15, 0.2) is 30.3 Å². The number of nitrogens with one attached hydrogen (secondary N) is 1. The fraction of sp³-hybridized carbons (Fsp3) is 0.611. The van der Waals surface area contributed by atoms with E-state index in [1.807, 2.05) is 18.2 Å². The SMILES string of the molecule is CC(O)CC(CNC(=O)C1CCCCC1)c1ccccc1. The van der Waals surface area contributed by atoms with Crippen LogP contribution in [-0.2, 0) is 4.79 Å². The van der Waals surface area contributed by atoms with Gasteiger partial charge in [0.1, 0.15) is 0 Å². The monoisotopic (exact) mass is 289 g/mol. The Balaban J connectivity index is 1.91. The lowest BCUT2D eigenvalue weighted by molar-refractivity contribution is -0.126. The van der Waals surface area contributed by atoms with Crippen LogP contribution in [0.1, 0.15) is 56.9 Å². The Morgan fingerprint density at radius 1 is 1.24 bits per heavy atom. The number of hydrogen-bond donors (Lipinski definition) is 2. The summed E-state index contributed by atoms with van der Waals surface area (Å²) >= 11 is 0. The summed E-state index contributed by atoms with van der Waals surface area (Å²) in [6.07, 6.45) is 5.98. The summed E-state index contributed by atoms with van der Waals surface area (Å²) in [5, 5.41) is 12.8. The van der Waals surface area contributed by atoms with Gasteiger partial charge in [0.15, 0.2) is 0 Å². The highest BCUT2D eigenvalue weighted by molar-refractivity contribution is 5.78. The van der Waals surface area contributed by atoms with E-state index in [1.54, 1.807) is 6.92 Å². The number of aliphatic hydroxyl groups is 1. The van der Waals surface area contributed by atoms with Gasteiger partial charge in [-0.05, 0) is 31.7 Å². The van der Waals surface area contributed by atoms with Crippen molar-refractivity contribution in [1.29, 1.82) is 0 Å². The third-order valence-corrected chi connectivity index (χ3v) is 4.40. The van der Waals surface area contributed by atoms with Gasteiger partial charge in [0.05, 0.1) is 6.10 Å². The average molecular weight is 289 g/mol. The molecule has 1 aliphatic rings. The molecule has 0 radical (unpaired) electrons. The van der Waals surface area contributed by atoms with Crippen LogP contribution in [0.2, 0.25) is 0 Å². The molecule has 1 aromatic rings. The smallest absolute Gasteiger partial charge is 0.223 e. The molecule has 1 amide bonds. The first-order chi connectivity index (χ1) is 10.2. The predicted molar refractivity (Wildman–Crippen MR) is 85.1 cm³/mol. The summed E-state index contributed by atoms with van der Waals surface area (Å²) in [4.78, 5) is 12.2. The van der Waals surface area contributed by atoms with Gasteiger partial charge in [-0.3, -0.25) is 4.79 Å². The van der Waals surface area contributed by atoms with E-state index in [-0.39, 0.29) is 23.8 Å². The van der Waals surface area contributed by atoms with Crippen LogP contribution in [0.5, 0.6) is 0 Å². The van der Waals surface area contributed by atoms with E-state index >= 15 is 0 Å². The normalized spacial score (nSPS) is 19.0. The van der Waals surface area contributed by atoms with E-state index in [2.05, 4.69) is 17.4 Å². The van der Waals surface area contributed by atoms with Crippen molar-refractivity contribution < 1.29 is 9.90 Å². The molecule has 1 aliphatic carbocycles. The van der Waals surface area contributed by atoms with Crippen LogP contribution in [0.25, 0.3) is 0 Å². The van der Waals surface area contributed by atoms with Crippen LogP contribution in [0.3, 0.4) is 0 Å². The Morgan fingerprint density at radius 2 is 1.90 bits per heavy atom. The van der Waals surface area contributed by atoms with Gasteiger partial charge in [-0.1, -0.05) is 49.6 Å². The largest absolute Gasteiger partial charge is 0.393 e. The Morgan fingerprint density at radius 3 is 2.52 bits per heavy atom. The standard InChI is InChI=1S/C18H27NO2/c1-14(20)12-17(15-8-4-2-5-9-15)13-19-18(21)16-10-6-3-7-11-16/h2,4-5,8-9,14,16-17,20H,3,6-7,10-13H2,1H3,(H,19,21). The summed E-state index contributed by atoms with van der Waals surface area (Å²) in [5.74, 6) is 0.571. The Labute approximate surface area is 127 Å². The fourth-order valence-electron chi connectivity index (χ4n) is 3.21. The van der Waals surface area contributed by atoms with Crippen LogP contribution >= 0.6 is 0 Å². The highest BCUT2D eigenvalue weighted by atomic mass is 16.3. The second-order valence-electron chi connectivity index (χ2n) is 6.27. The van der Waals surface area contributed by atoms with E-state index in [9.17, 15) is 9.90 Å². The van der Waals surface area contributed by atoms with Crippen molar-refractivity contribution in [2.24, 2.45) is 5.92 Å². The van der Waals surface area contributed by atoms with Gasteiger partial charge in [0.2, 0.25) is 5.91 Å². The highest BCUT2D eigenvalue weighted by Crippen LogP contribution is 2.25. The first kappa shape index (κ1) is 16.0. The van der Waals surface area contributed by atoms with Gasteiger partial charge in [0.25, 0.3) is 0 Å². The molecule has 0 heterocycles. The zero-order valence-corrected chi connectivity index (χ0v) is 12.9. The van der Waals surface area contributed by atoms with Crippen LogP contribution in [-0.4, -0.2) is 23.7 Å². The van der Waals surface area contributed by atoms with E-state index in [0.29, 0.717) is 13.0 Å².